The van der Waals surface area contributed by atoms with Crippen LogP contribution in [0.15, 0.2) is 24.3 Å². The number of amides is 1. The van der Waals surface area contributed by atoms with E-state index in [2.05, 4.69) is 60.6 Å². The number of benzene rings is 1. The van der Waals surface area contributed by atoms with Gasteiger partial charge in [0.2, 0.25) is 5.91 Å². The maximum absolute atomic E-state index is 12.4. The van der Waals surface area contributed by atoms with Crippen LogP contribution in [0, 0.1) is 11.8 Å². The molecule has 2 rings (SSSR count). The van der Waals surface area contributed by atoms with E-state index in [1.807, 2.05) is 0 Å². The van der Waals surface area contributed by atoms with Crippen molar-refractivity contribution in [1.29, 1.82) is 0 Å². The first-order chi connectivity index (χ1) is 12.1. The fourth-order valence-corrected chi connectivity index (χ4v) is 3.71. The van der Waals surface area contributed by atoms with Crippen LogP contribution in [0.4, 0.5) is 0 Å². The Kier molecular flexibility index (Phi) is 8.42. The quantitative estimate of drug-likeness (QED) is 0.722. The molecule has 0 spiro atoms. The Morgan fingerprint density at radius 1 is 1.20 bits per heavy atom. The highest BCUT2D eigenvalue weighted by Crippen LogP contribution is 2.24. The number of nitrogens with zero attached hydrogens (tertiary/aromatic N) is 1. The van der Waals surface area contributed by atoms with Gasteiger partial charge in [0, 0.05) is 19.5 Å². The summed E-state index contributed by atoms with van der Waals surface area (Å²) in [6, 6.07) is 8.46. The third-order valence-corrected chi connectivity index (χ3v) is 5.58. The highest BCUT2D eigenvalue weighted by Gasteiger charge is 2.22. The smallest absolute Gasteiger partial charge is 0.220 e. The summed E-state index contributed by atoms with van der Waals surface area (Å²) >= 11 is 0. The summed E-state index contributed by atoms with van der Waals surface area (Å²) < 4.78 is 0. The van der Waals surface area contributed by atoms with Gasteiger partial charge >= 0.3 is 0 Å². The maximum Gasteiger partial charge on any atom is 0.220 e. The van der Waals surface area contributed by atoms with Gasteiger partial charge in [-0.25, -0.2) is 0 Å². The Bertz CT molecular complexity index is 522. The second-order valence-electron chi connectivity index (χ2n) is 7.28. The third-order valence-electron chi connectivity index (χ3n) is 5.58. The topological polar surface area (TPSA) is 44.4 Å². The molecular weight excluding hydrogens is 310 g/mol. The molecule has 1 amide bonds. The van der Waals surface area contributed by atoms with Crippen molar-refractivity contribution in [2.45, 2.75) is 53.1 Å². The molecule has 1 fully saturated rings. The first kappa shape index (κ1) is 19.9. The Hall–Kier alpha value is -1.39. The van der Waals surface area contributed by atoms with Crippen LogP contribution in [0.5, 0.6) is 0 Å². The zero-order chi connectivity index (χ0) is 18.1. The van der Waals surface area contributed by atoms with Gasteiger partial charge in [-0.1, -0.05) is 45.0 Å². The van der Waals surface area contributed by atoms with Crippen molar-refractivity contribution < 1.29 is 4.79 Å². The number of carbonyl (C=O) groups is 1. The summed E-state index contributed by atoms with van der Waals surface area (Å²) in [5.41, 5.74) is 2.55. The van der Waals surface area contributed by atoms with E-state index in [0.717, 1.165) is 32.7 Å². The van der Waals surface area contributed by atoms with Crippen molar-refractivity contribution >= 4 is 5.91 Å². The molecule has 0 saturated carbocycles. The lowest BCUT2D eigenvalue weighted by Gasteiger charge is -2.28. The van der Waals surface area contributed by atoms with Crippen LogP contribution in [-0.4, -0.2) is 37.0 Å². The molecule has 0 bridgehead atoms. The van der Waals surface area contributed by atoms with Gasteiger partial charge in [0.1, 0.15) is 0 Å². The molecule has 1 aromatic carbocycles. The molecule has 1 unspecified atom stereocenters. The van der Waals surface area contributed by atoms with Crippen LogP contribution < -0.4 is 10.6 Å². The minimum Gasteiger partial charge on any atom is -0.352 e. The van der Waals surface area contributed by atoms with E-state index < -0.39 is 0 Å². The van der Waals surface area contributed by atoms with Crippen LogP contribution >= 0.6 is 0 Å². The first-order valence-electron chi connectivity index (χ1n) is 9.90. The molecule has 1 aliphatic heterocycles. The summed E-state index contributed by atoms with van der Waals surface area (Å²) in [6.07, 6.45) is 3.03. The molecule has 0 radical (unpaired) electrons. The lowest BCUT2D eigenvalue weighted by molar-refractivity contribution is -0.122. The SMILES string of the molecule is CCN(CC)Cc1ccccc1CNC(=O)CC(C)C1CCNCC1. The monoisotopic (exact) mass is 345 g/mol. The molecule has 4 heteroatoms. The van der Waals surface area contributed by atoms with E-state index in [0.29, 0.717) is 24.8 Å². The fourth-order valence-electron chi connectivity index (χ4n) is 3.71. The van der Waals surface area contributed by atoms with E-state index in [1.165, 1.54) is 24.0 Å². The largest absolute Gasteiger partial charge is 0.352 e. The van der Waals surface area contributed by atoms with E-state index >= 15 is 0 Å². The summed E-state index contributed by atoms with van der Waals surface area (Å²) in [5, 5.41) is 6.54. The second kappa shape index (κ2) is 10.6. The molecule has 140 valence electrons. The Labute approximate surface area is 153 Å². The molecule has 1 atom stereocenters. The van der Waals surface area contributed by atoms with Crippen molar-refractivity contribution in [1.82, 2.24) is 15.5 Å². The van der Waals surface area contributed by atoms with Crippen molar-refractivity contribution in [2.24, 2.45) is 11.8 Å². The van der Waals surface area contributed by atoms with E-state index in [4.69, 9.17) is 0 Å². The Balaban J connectivity index is 1.84. The van der Waals surface area contributed by atoms with Gasteiger partial charge in [0.25, 0.3) is 0 Å². The summed E-state index contributed by atoms with van der Waals surface area (Å²) in [5.74, 6) is 1.33. The lowest BCUT2D eigenvalue weighted by Crippen LogP contribution is -2.33. The Morgan fingerprint density at radius 3 is 2.48 bits per heavy atom. The van der Waals surface area contributed by atoms with Crippen molar-refractivity contribution in [3.63, 3.8) is 0 Å². The van der Waals surface area contributed by atoms with Gasteiger partial charge in [0.15, 0.2) is 0 Å². The zero-order valence-electron chi connectivity index (χ0n) is 16.2. The second-order valence-corrected chi connectivity index (χ2v) is 7.28. The van der Waals surface area contributed by atoms with Gasteiger partial charge in [-0.15, -0.1) is 0 Å². The minimum absolute atomic E-state index is 0.184. The van der Waals surface area contributed by atoms with Crippen LogP contribution in [0.2, 0.25) is 0 Å². The van der Waals surface area contributed by atoms with Gasteiger partial charge in [-0.3, -0.25) is 9.69 Å². The number of hydrogen-bond donors (Lipinski definition) is 2. The highest BCUT2D eigenvalue weighted by atomic mass is 16.1. The number of hydrogen-bond acceptors (Lipinski definition) is 3. The van der Waals surface area contributed by atoms with Gasteiger partial charge in [0.05, 0.1) is 0 Å². The molecule has 1 saturated heterocycles. The van der Waals surface area contributed by atoms with Crippen molar-refractivity contribution in [3.8, 4) is 0 Å². The van der Waals surface area contributed by atoms with E-state index in [9.17, 15) is 4.79 Å². The third kappa shape index (κ3) is 6.44. The highest BCUT2D eigenvalue weighted by molar-refractivity contribution is 5.76. The van der Waals surface area contributed by atoms with Crippen LogP contribution in [0.25, 0.3) is 0 Å². The van der Waals surface area contributed by atoms with E-state index in [1.54, 1.807) is 0 Å². The number of nitrogens with one attached hydrogen (secondary N) is 2. The van der Waals surface area contributed by atoms with Gasteiger partial charge in [-0.05, 0) is 62.0 Å². The fraction of sp³-hybridized carbons (Fsp3) is 0.667. The maximum atomic E-state index is 12.4. The summed E-state index contributed by atoms with van der Waals surface area (Å²) in [7, 11) is 0. The van der Waals surface area contributed by atoms with Crippen molar-refractivity contribution in [3.05, 3.63) is 35.4 Å². The molecule has 1 aliphatic rings. The molecule has 2 N–H and O–H groups in total. The standard InChI is InChI=1S/C21H35N3O/c1-4-24(5-2)16-20-9-7-6-8-19(20)15-23-21(25)14-17(3)18-10-12-22-13-11-18/h6-9,17-18,22H,4-5,10-16H2,1-3H3,(H,23,25). The van der Waals surface area contributed by atoms with Crippen molar-refractivity contribution in [2.75, 3.05) is 26.2 Å². The normalized spacial score (nSPS) is 16.8. The Morgan fingerprint density at radius 2 is 1.84 bits per heavy atom. The molecule has 0 aromatic heterocycles. The predicted octanol–water partition coefficient (Wildman–Crippen LogP) is 3.17. The van der Waals surface area contributed by atoms with Gasteiger partial charge < -0.3 is 10.6 Å². The summed E-state index contributed by atoms with van der Waals surface area (Å²) in [6.45, 7) is 12.5. The first-order valence-corrected chi connectivity index (χ1v) is 9.90. The predicted molar refractivity (Wildman–Crippen MR) is 104 cm³/mol. The molecule has 1 aromatic rings. The molecule has 25 heavy (non-hydrogen) atoms. The minimum atomic E-state index is 0.184. The molecule has 1 heterocycles. The molecule has 4 nitrogen and oxygen atoms in total. The lowest BCUT2D eigenvalue weighted by atomic mass is 9.84. The summed E-state index contributed by atoms with van der Waals surface area (Å²) in [4.78, 5) is 14.8. The number of rotatable bonds is 9. The average molecular weight is 346 g/mol. The van der Waals surface area contributed by atoms with Crippen LogP contribution in [0.1, 0.15) is 51.2 Å². The van der Waals surface area contributed by atoms with Crippen LogP contribution in [0.3, 0.4) is 0 Å². The molecule has 0 aliphatic carbocycles. The number of piperidine rings is 1. The average Bonchev–Trinajstić information content (AvgIpc) is 2.65. The van der Waals surface area contributed by atoms with Crippen LogP contribution in [-0.2, 0) is 17.9 Å². The van der Waals surface area contributed by atoms with Gasteiger partial charge in [-0.2, -0.15) is 0 Å². The molecular formula is C21H35N3O. The number of carbonyl (C=O) groups excluding carboxylic acids is 1. The zero-order valence-corrected chi connectivity index (χ0v) is 16.2. The van der Waals surface area contributed by atoms with E-state index in [-0.39, 0.29) is 5.91 Å².